The van der Waals surface area contributed by atoms with Crippen molar-refractivity contribution in [1.29, 1.82) is 0 Å². The molecule has 28 heavy (non-hydrogen) atoms. The van der Waals surface area contributed by atoms with E-state index >= 15 is 0 Å². The molecule has 0 amide bonds. The molecule has 7 heteroatoms. The van der Waals surface area contributed by atoms with Gasteiger partial charge in [-0.3, -0.25) is 4.99 Å². The van der Waals surface area contributed by atoms with Gasteiger partial charge in [0, 0.05) is 25.7 Å². The summed E-state index contributed by atoms with van der Waals surface area (Å²) in [5, 5.41) is 6.33. The number of rotatable bonds is 9. The van der Waals surface area contributed by atoms with E-state index in [9.17, 15) is 8.78 Å². The average molecular weight is 391 g/mol. The molecule has 0 spiro atoms. The monoisotopic (exact) mass is 391 g/mol. The number of para-hydroxylation sites is 1. The number of guanidine groups is 1. The molecule has 2 aromatic rings. The smallest absolute Gasteiger partial charge is 0.387 e. The van der Waals surface area contributed by atoms with E-state index in [2.05, 4.69) is 26.4 Å². The van der Waals surface area contributed by atoms with Gasteiger partial charge < -0.3 is 20.1 Å². The number of nitrogens with one attached hydrogen (secondary N) is 2. The van der Waals surface area contributed by atoms with Crippen LogP contribution in [0.2, 0.25) is 0 Å². The van der Waals surface area contributed by atoms with Crippen molar-refractivity contribution in [3.05, 3.63) is 65.2 Å². The number of benzene rings is 2. The molecule has 0 bridgehead atoms. The van der Waals surface area contributed by atoms with Crippen molar-refractivity contribution in [3.63, 3.8) is 0 Å². The fourth-order valence-electron chi connectivity index (χ4n) is 2.54. The summed E-state index contributed by atoms with van der Waals surface area (Å²) in [4.78, 5) is 4.17. The highest BCUT2D eigenvalue weighted by atomic mass is 19.3. The molecule has 152 valence electrons. The quantitative estimate of drug-likeness (QED) is 0.500. The van der Waals surface area contributed by atoms with Gasteiger partial charge in [0.05, 0.1) is 12.7 Å². The molecule has 0 aromatic heterocycles. The molecule has 0 aliphatic rings. The van der Waals surface area contributed by atoms with Gasteiger partial charge in [0.25, 0.3) is 0 Å². The number of halogens is 2. The van der Waals surface area contributed by atoms with Crippen LogP contribution in [0.3, 0.4) is 0 Å². The lowest BCUT2D eigenvalue weighted by Crippen LogP contribution is -2.36. The maximum atomic E-state index is 12.5. The number of hydrogen-bond acceptors (Lipinski definition) is 3. The average Bonchev–Trinajstić information content (AvgIpc) is 2.67. The van der Waals surface area contributed by atoms with E-state index < -0.39 is 6.61 Å². The highest BCUT2D eigenvalue weighted by Crippen LogP contribution is 2.19. The van der Waals surface area contributed by atoms with Crippen molar-refractivity contribution < 1.29 is 18.3 Å². The van der Waals surface area contributed by atoms with Gasteiger partial charge in [-0.15, -0.1) is 0 Å². The lowest BCUT2D eigenvalue weighted by Gasteiger charge is -2.15. The van der Waals surface area contributed by atoms with Crippen LogP contribution in [0, 0.1) is 0 Å². The van der Waals surface area contributed by atoms with Crippen LogP contribution in [0.5, 0.6) is 5.75 Å². The van der Waals surface area contributed by atoms with Crippen molar-refractivity contribution in [3.8, 4) is 5.75 Å². The first-order valence-corrected chi connectivity index (χ1v) is 9.14. The number of nitrogens with zero attached hydrogens (tertiary/aromatic N) is 1. The molecule has 2 rings (SSSR count). The van der Waals surface area contributed by atoms with E-state index in [1.165, 1.54) is 6.07 Å². The Morgan fingerprint density at radius 3 is 2.43 bits per heavy atom. The first kappa shape index (κ1) is 21.6. The van der Waals surface area contributed by atoms with Crippen molar-refractivity contribution in [2.45, 2.75) is 46.3 Å². The van der Waals surface area contributed by atoms with Gasteiger partial charge in [0.15, 0.2) is 5.96 Å². The van der Waals surface area contributed by atoms with Crippen molar-refractivity contribution in [1.82, 2.24) is 10.6 Å². The van der Waals surface area contributed by atoms with Crippen LogP contribution < -0.4 is 15.4 Å². The first-order valence-electron chi connectivity index (χ1n) is 9.14. The summed E-state index contributed by atoms with van der Waals surface area (Å²) in [6.45, 7) is 2.61. The van der Waals surface area contributed by atoms with Crippen molar-refractivity contribution >= 4 is 5.96 Å². The molecule has 0 fully saturated rings. The second-order valence-corrected chi connectivity index (χ2v) is 6.45. The van der Waals surface area contributed by atoms with E-state index in [1.54, 1.807) is 25.2 Å². The van der Waals surface area contributed by atoms with Gasteiger partial charge in [-0.25, -0.2) is 0 Å². The zero-order valence-corrected chi connectivity index (χ0v) is 16.4. The molecular weight excluding hydrogens is 364 g/mol. The number of ether oxygens (including phenoxy) is 2. The van der Waals surface area contributed by atoms with Gasteiger partial charge in [-0.05, 0) is 31.0 Å². The van der Waals surface area contributed by atoms with E-state index in [0.29, 0.717) is 31.2 Å². The molecule has 0 saturated carbocycles. The maximum Gasteiger partial charge on any atom is 0.387 e. The van der Waals surface area contributed by atoms with Crippen LogP contribution in [0.25, 0.3) is 0 Å². The lowest BCUT2D eigenvalue weighted by atomic mass is 10.1. The molecule has 0 unspecified atom stereocenters. The molecular formula is C21H27F2N3O2. The van der Waals surface area contributed by atoms with Crippen molar-refractivity contribution in [2.24, 2.45) is 4.99 Å². The fourth-order valence-corrected chi connectivity index (χ4v) is 2.54. The third-order valence-electron chi connectivity index (χ3n) is 3.89. The van der Waals surface area contributed by atoms with Crippen LogP contribution in [-0.2, 0) is 24.4 Å². The largest absolute Gasteiger partial charge is 0.434 e. The number of alkyl halides is 2. The minimum Gasteiger partial charge on any atom is -0.434 e. The predicted octanol–water partition coefficient (Wildman–Crippen LogP) is 4.08. The molecule has 0 aliphatic heterocycles. The third kappa shape index (κ3) is 7.52. The minimum atomic E-state index is -2.86. The highest BCUT2D eigenvalue weighted by molar-refractivity contribution is 5.79. The van der Waals surface area contributed by atoms with Crippen LogP contribution >= 0.6 is 0 Å². The molecule has 0 saturated heterocycles. The van der Waals surface area contributed by atoms with E-state index in [4.69, 9.17) is 4.74 Å². The molecule has 0 atom stereocenters. The summed E-state index contributed by atoms with van der Waals surface area (Å²) in [5.74, 6) is 0.717. The summed E-state index contributed by atoms with van der Waals surface area (Å²) in [5.41, 5.74) is 2.82. The third-order valence-corrected chi connectivity index (χ3v) is 3.89. The zero-order valence-electron chi connectivity index (χ0n) is 16.4. The first-order chi connectivity index (χ1) is 13.5. The van der Waals surface area contributed by atoms with Crippen LogP contribution in [0.1, 0.15) is 30.5 Å². The minimum absolute atomic E-state index is 0.151. The summed E-state index contributed by atoms with van der Waals surface area (Å²) in [6, 6.07) is 14.8. The topological polar surface area (TPSA) is 54.9 Å². The van der Waals surface area contributed by atoms with Gasteiger partial charge >= 0.3 is 6.61 Å². The van der Waals surface area contributed by atoms with Gasteiger partial charge in [-0.2, -0.15) is 8.78 Å². The molecule has 2 N–H and O–H groups in total. The lowest BCUT2D eigenvalue weighted by molar-refractivity contribution is -0.0504. The zero-order chi connectivity index (χ0) is 20.4. The Bertz CT molecular complexity index is 767. The van der Waals surface area contributed by atoms with Crippen molar-refractivity contribution in [2.75, 3.05) is 7.05 Å². The summed E-state index contributed by atoms with van der Waals surface area (Å²) >= 11 is 0. The molecule has 0 aliphatic carbocycles. The second kappa shape index (κ2) is 11.2. The Morgan fingerprint density at radius 1 is 1.00 bits per heavy atom. The predicted molar refractivity (Wildman–Crippen MR) is 106 cm³/mol. The SMILES string of the molecule is CN=C(NCc1cccc(COC(C)C)c1)NCc1ccccc1OC(F)F. The molecule has 0 radical (unpaired) electrons. The Hall–Kier alpha value is -2.67. The molecule has 2 aromatic carbocycles. The van der Waals surface area contributed by atoms with Crippen LogP contribution in [-0.4, -0.2) is 25.7 Å². The van der Waals surface area contributed by atoms with E-state index in [1.807, 2.05) is 32.0 Å². The summed E-state index contributed by atoms with van der Waals surface area (Å²) < 4.78 is 35.2. The van der Waals surface area contributed by atoms with Crippen LogP contribution in [0.15, 0.2) is 53.5 Å². The summed E-state index contributed by atoms with van der Waals surface area (Å²) in [7, 11) is 1.66. The number of hydrogen-bond donors (Lipinski definition) is 2. The Balaban J connectivity index is 1.89. The number of aliphatic imine (C=N–C) groups is 1. The Labute approximate surface area is 164 Å². The van der Waals surface area contributed by atoms with E-state index in [0.717, 1.165) is 11.1 Å². The van der Waals surface area contributed by atoms with Gasteiger partial charge in [0.1, 0.15) is 5.75 Å². The fraction of sp³-hybridized carbons (Fsp3) is 0.381. The second-order valence-electron chi connectivity index (χ2n) is 6.45. The van der Waals surface area contributed by atoms with E-state index in [-0.39, 0.29) is 11.9 Å². The van der Waals surface area contributed by atoms with Gasteiger partial charge in [-0.1, -0.05) is 42.5 Å². The van der Waals surface area contributed by atoms with Crippen LogP contribution in [0.4, 0.5) is 8.78 Å². The van der Waals surface area contributed by atoms with Gasteiger partial charge in [0.2, 0.25) is 0 Å². The Morgan fingerprint density at radius 2 is 1.71 bits per heavy atom. The highest BCUT2D eigenvalue weighted by Gasteiger charge is 2.09. The molecule has 0 heterocycles. The Kier molecular flexibility index (Phi) is 8.68. The normalized spacial score (nSPS) is 11.8. The molecule has 5 nitrogen and oxygen atoms in total. The maximum absolute atomic E-state index is 12.5. The summed E-state index contributed by atoms with van der Waals surface area (Å²) in [6.07, 6.45) is 0.182. The standard InChI is InChI=1S/C21H27F2N3O2/c1-15(2)27-14-17-8-6-7-16(11-17)12-25-21(24-3)26-13-18-9-4-5-10-19(18)28-20(22)23/h4-11,15,20H,12-14H2,1-3H3,(H2,24,25,26).